The number of nitrogens with one attached hydrogen (secondary N) is 2. The number of piperidine rings is 3. The number of methoxy groups -OCH3 is 2. The van der Waals surface area contributed by atoms with Crippen LogP contribution in [0.1, 0.15) is 44.1 Å². The molecule has 0 saturated carbocycles. The van der Waals surface area contributed by atoms with E-state index in [2.05, 4.69) is 21.6 Å². The standard InChI is InChI=1S/C25H35N5O3/c1-15(2)27-25(31)26-13-19-10-17-8-9-30(19)14-20(17)22-12-21(28-16(3)29-22)18-6-7-23(32-4)24(11-18)33-5/h6-7,11-12,15,17,19-20H,8-10,13-14H2,1-5H3,(H2,26,27,31). The molecule has 5 rings (SSSR count). The molecule has 4 unspecified atom stereocenters. The predicted octanol–water partition coefficient (Wildman–Crippen LogP) is 3.35. The number of benzene rings is 1. The van der Waals surface area contributed by atoms with E-state index in [1.165, 1.54) is 0 Å². The third kappa shape index (κ3) is 5.21. The number of ether oxygens (including phenoxy) is 2. The van der Waals surface area contributed by atoms with Gasteiger partial charge in [0.15, 0.2) is 11.5 Å². The van der Waals surface area contributed by atoms with Crippen molar-refractivity contribution in [1.82, 2.24) is 25.5 Å². The Kier molecular flexibility index (Phi) is 7.02. The van der Waals surface area contributed by atoms with E-state index in [0.29, 0.717) is 35.9 Å². The van der Waals surface area contributed by atoms with Crippen LogP contribution < -0.4 is 20.1 Å². The van der Waals surface area contributed by atoms with Gasteiger partial charge in [0.1, 0.15) is 5.82 Å². The summed E-state index contributed by atoms with van der Waals surface area (Å²) in [6.45, 7) is 8.61. The van der Waals surface area contributed by atoms with Gasteiger partial charge in [-0.3, -0.25) is 4.90 Å². The molecule has 4 atom stereocenters. The van der Waals surface area contributed by atoms with Gasteiger partial charge in [-0.1, -0.05) is 0 Å². The molecule has 4 heterocycles. The highest BCUT2D eigenvalue weighted by Crippen LogP contribution is 2.42. The van der Waals surface area contributed by atoms with E-state index < -0.39 is 0 Å². The van der Waals surface area contributed by atoms with Crippen molar-refractivity contribution in [3.05, 3.63) is 35.8 Å². The first-order valence-corrected chi connectivity index (χ1v) is 11.7. The van der Waals surface area contributed by atoms with Crippen molar-refractivity contribution >= 4 is 6.03 Å². The van der Waals surface area contributed by atoms with E-state index >= 15 is 0 Å². The maximum absolute atomic E-state index is 12.0. The fraction of sp³-hybridized carbons (Fsp3) is 0.560. The van der Waals surface area contributed by atoms with E-state index in [0.717, 1.165) is 48.7 Å². The number of carbonyl (C=O) groups is 1. The van der Waals surface area contributed by atoms with E-state index in [1.54, 1.807) is 14.2 Å². The minimum absolute atomic E-state index is 0.0878. The molecular formula is C25H35N5O3. The van der Waals surface area contributed by atoms with Gasteiger partial charge in [-0.05, 0) is 70.3 Å². The summed E-state index contributed by atoms with van der Waals surface area (Å²) < 4.78 is 10.9. The predicted molar refractivity (Wildman–Crippen MR) is 128 cm³/mol. The zero-order valence-corrected chi connectivity index (χ0v) is 20.2. The summed E-state index contributed by atoms with van der Waals surface area (Å²) in [4.78, 5) is 24.1. The van der Waals surface area contributed by atoms with Gasteiger partial charge in [0.2, 0.25) is 0 Å². The maximum atomic E-state index is 12.0. The molecule has 0 radical (unpaired) electrons. The first-order chi connectivity index (χ1) is 15.9. The molecule has 0 spiro atoms. The van der Waals surface area contributed by atoms with E-state index in [9.17, 15) is 4.79 Å². The summed E-state index contributed by atoms with van der Waals surface area (Å²) in [6.07, 6.45) is 2.23. The molecule has 178 valence electrons. The highest BCUT2D eigenvalue weighted by atomic mass is 16.5. The normalized spacial score (nSPS) is 23.9. The Bertz CT molecular complexity index is 996. The van der Waals surface area contributed by atoms with Gasteiger partial charge in [0.05, 0.1) is 19.9 Å². The molecule has 3 saturated heterocycles. The van der Waals surface area contributed by atoms with Crippen LogP contribution in [-0.4, -0.2) is 66.8 Å². The summed E-state index contributed by atoms with van der Waals surface area (Å²) >= 11 is 0. The molecule has 3 fully saturated rings. The SMILES string of the molecule is COc1ccc(-c2cc(C3CN4CCC3CC4CNC(=O)NC(C)C)nc(C)n2)cc1OC. The zero-order valence-electron chi connectivity index (χ0n) is 20.2. The summed E-state index contributed by atoms with van der Waals surface area (Å²) in [7, 11) is 3.28. The molecule has 3 aliphatic heterocycles. The third-order valence-corrected chi connectivity index (χ3v) is 6.71. The summed E-state index contributed by atoms with van der Waals surface area (Å²) in [5.41, 5.74) is 2.99. The lowest BCUT2D eigenvalue weighted by molar-refractivity contribution is 0.0304. The van der Waals surface area contributed by atoms with Crippen LogP contribution in [0.2, 0.25) is 0 Å². The molecule has 2 amide bonds. The highest BCUT2D eigenvalue weighted by Gasteiger charge is 2.41. The van der Waals surface area contributed by atoms with E-state index in [1.807, 2.05) is 39.0 Å². The maximum Gasteiger partial charge on any atom is 0.315 e. The Hall–Kier alpha value is -2.87. The van der Waals surface area contributed by atoms with Gasteiger partial charge in [-0.15, -0.1) is 0 Å². The van der Waals surface area contributed by atoms with Gasteiger partial charge in [-0.25, -0.2) is 14.8 Å². The molecule has 8 heteroatoms. The number of rotatable bonds is 7. The minimum Gasteiger partial charge on any atom is -0.493 e. The third-order valence-electron chi connectivity index (χ3n) is 6.71. The lowest BCUT2D eigenvalue weighted by Gasteiger charge is -2.49. The fourth-order valence-electron chi connectivity index (χ4n) is 5.13. The lowest BCUT2D eigenvalue weighted by atomic mass is 9.74. The van der Waals surface area contributed by atoms with Gasteiger partial charge < -0.3 is 20.1 Å². The quantitative estimate of drug-likeness (QED) is 0.668. The molecule has 1 aromatic heterocycles. The smallest absolute Gasteiger partial charge is 0.315 e. The first-order valence-electron chi connectivity index (χ1n) is 11.7. The van der Waals surface area contributed by atoms with Crippen molar-refractivity contribution in [2.24, 2.45) is 5.92 Å². The van der Waals surface area contributed by atoms with Gasteiger partial charge in [-0.2, -0.15) is 0 Å². The topological polar surface area (TPSA) is 88.6 Å². The molecular weight excluding hydrogens is 418 g/mol. The number of nitrogens with zero attached hydrogens (tertiary/aromatic N) is 3. The number of fused-ring (bicyclic) bond motifs is 3. The second kappa shape index (κ2) is 9.95. The second-order valence-electron chi connectivity index (χ2n) is 9.34. The number of hydrogen-bond donors (Lipinski definition) is 2. The number of amides is 2. The van der Waals surface area contributed by atoms with E-state index in [4.69, 9.17) is 19.4 Å². The van der Waals surface area contributed by atoms with Crippen LogP contribution in [0.15, 0.2) is 24.3 Å². The van der Waals surface area contributed by atoms with Crippen molar-refractivity contribution in [1.29, 1.82) is 0 Å². The second-order valence-corrected chi connectivity index (χ2v) is 9.34. The molecule has 33 heavy (non-hydrogen) atoms. The van der Waals surface area contributed by atoms with Crippen molar-refractivity contribution in [2.45, 2.75) is 51.6 Å². The van der Waals surface area contributed by atoms with Crippen molar-refractivity contribution in [3.63, 3.8) is 0 Å². The molecule has 8 nitrogen and oxygen atoms in total. The number of hydrogen-bond acceptors (Lipinski definition) is 6. The Labute approximate surface area is 196 Å². The molecule has 2 aromatic rings. The Morgan fingerprint density at radius 3 is 2.64 bits per heavy atom. The average molecular weight is 454 g/mol. The largest absolute Gasteiger partial charge is 0.493 e. The fourth-order valence-corrected chi connectivity index (χ4v) is 5.13. The molecule has 2 bridgehead atoms. The summed E-state index contributed by atoms with van der Waals surface area (Å²) in [6, 6.07) is 8.44. The summed E-state index contributed by atoms with van der Waals surface area (Å²) in [5, 5.41) is 5.95. The Balaban J connectivity index is 1.50. The molecule has 0 aliphatic carbocycles. The zero-order chi connectivity index (χ0) is 23.5. The molecule has 2 N–H and O–H groups in total. The van der Waals surface area contributed by atoms with Gasteiger partial charge in [0, 0.05) is 42.3 Å². The number of urea groups is 1. The first kappa shape index (κ1) is 23.3. The van der Waals surface area contributed by atoms with Crippen LogP contribution in [0.4, 0.5) is 4.79 Å². The Morgan fingerprint density at radius 2 is 1.97 bits per heavy atom. The van der Waals surface area contributed by atoms with Crippen LogP contribution in [0.25, 0.3) is 11.3 Å². The van der Waals surface area contributed by atoms with Crippen LogP contribution in [0.5, 0.6) is 11.5 Å². The molecule has 3 aliphatic rings. The average Bonchev–Trinajstić information content (AvgIpc) is 2.81. The monoisotopic (exact) mass is 453 g/mol. The summed E-state index contributed by atoms with van der Waals surface area (Å²) in [5.74, 6) is 3.10. The minimum atomic E-state index is -0.0878. The van der Waals surface area contributed by atoms with E-state index in [-0.39, 0.29) is 12.1 Å². The lowest BCUT2D eigenvalue weighted by Crippen LogP contribution is -2.57. The van der Waals surface area contributed by atoms with Crippen molar-refractivity contribution in [2.75, 3.05) is 33.9 Å². The Morgan fingerprint density at radius 1 is 1.18 bits per heavy atom. The van der Waals surface area contributed by atoms with Crippen LogP contribution >= 0.6 is 0 Å². The number of carbonyl (C=O) groups excluding carboxylic acids is 1. The van der Waals surface area contributed by atoms with Gasteiger partial charge >= 0.3 is 6.03 Å². The van der Waals surface area contributed by atoms with Crippen LogP contribution in [0, 0.1) is 12.8 Å². The van der Waals surface area contributed by atoms with Crippen molar-refractivity contribution in [3.8, 4) is 22.8 Å². The molecule has 1 aromatic carbocycles. The van der Waals surface area contributed by atoms with Crippen molar-refractivity contribution < 1.29 is 14.3 Å². The number of aryl methyl sites for hydroxylation is 1. The number of aromatic nitrogens is 2. The highest BCUT2D eigenvalue weighted by molar-refractivity contribution is 5.74. The van der Waals surface area contributed by atoms with Crippen LogP contribution in [-0.2, 0) is 0 Å². The van der Waals surface area contributed by atoms with Gasteiger partial charge in [0.25, 0.3) is 0 Å². The van der Waals surface area contributed by atoms with Crippen LogP contribution in [0.3, 0.4) is 0 Å².